The van der Waals surface area contributed by atoms with Crippen LogP contribution in [0.4, 0.5) is 0 Å². The summed E-state index contributed by atoms with van der Waals surface area (Å²) in [6.07, 6.45) is 5.04. The van der Waals surface area contributed by atoms with Gasteiger partial charge in [0.15, 0.2) is 0 Å². The zero-order chi connectivity index (χ0) is 15.1. The molecule has 2 aliphatic rings. The normalized spacial score (nSPS) is 31.7. The Morgan fingerprint density at radius 2 is 1.70 bits per heavy atom. The third kappa shape index (κ3) is 3.05. The minimum Gasteiger partial charge on any atom is -0.460 e. The van der Waals surface area contributed by atoms with Crippen LogP contribution in [0.1, 0.15) is 41.0 Å². The molecule has 20 heavy (non-hydrogen) atoms. The van der Waals surface area contributed by atoms with Crippen molar-refractivity contribution in [3.8, 4) is 0 Å². The molecule has 112 valence electrons. The number of carbonyl (C=O) groups is 2. The lowest BCUT2D eigenvalue weighted by atomic mass is 9.82. The number of esters is 1. The SMILES string of the molecule is CC(C)NC(=O)C1C2C=CC(C2)C1C(=O)OC(C)(C)C. The first-order chi connectivity index (χ1) is 9.19. The highest BCUT2D eigenvalue weighted by molar-refractivity contribution is 5.87. The second-order valence-corrected chi connectivity index (χ2v) is 7.20. The molecule has 1 fully saturated rings. The molecule has 0 aromatic carbocycles. The Kier molecular flexibility index (Phi) is 3.94. The van der Waals surface area contributed by atoms with Gasteiger partial charge in [-0.25, -0.2) is 0 Å². The lowest BCUT2D eigenvalue weighted by Crippen LogP contribution is -2.44. The van der Waals surface area contributed by atoms with Gasteiger partial charge in [-0.15, -0.1) is 0 Å². The predicted octanol–water partition coefficient (Wildman–Crippen LogP) is 2.29. The Morgan fingerprint density at radius 3 is 2.20 bits per heavy atom. The molecule has 0 spiro atoms. The highest BCUT2D eigenvalue weighted by Crippen LogP contribution is 2.48. The van der Waals surface area contributed by atoms with Crippen LogP contribution in [0.2, 0.25) is 0 Å². The van der Waals surface area contributed by atoms with E-state index in [4.69, 9.17) is 4.74 Å². The van der Waals surface area contributed by atoms with Crippen LogP contribution in [0.15, 0.2) is 12.2 Å². The molecule has 0 radical (unpaired) electrons. The van der Waals surface area contributed by atoms with E-state index in [0.717, 1.165) is 6.42 Å². The van der Waals surface area contributed by atoms with Gasteiger partial charge in [-0.05, 0) is 52.9 Å². The van der Waals surface area contributed by atoms with Crippen molar-refractivity contribution in [2.24, 2.45) is 23.7 Å². The summed E-state index contributed by atoms with van der Waals surface area (Å²) >= 11 is 0. The molecular weight excluding hydrogens is 254 g/mol. The second kappa shape index (κ2) is 5.23. The number of nitrogens with one attached hydrogen (secondary N) is 1. The maximum absolute atomic E-state index is 12.4. The lowest BCUT2D eigenvalue weighted by molar-refractivity contribution is -0.164. The van der Waals surface area contributed by atoms with Crippen LogP contribution in [-0.2, 0) is 14.3 Å². The van der Waals surface area contributed by atoms with Gasteiger partial charge in [0.25, 0.3) is 0 Å². The van der Waals surface area contributed by atoms with Gasteiger partial charge in [-0.2, -0.15) is 0 Å². The third-order valence-electron chi connectivity index (χ3n) is 3.87. The molecule has 0 heterocycles. The quantitative estimate of drug-likeness (QED) is 0.637. The summed E-state index contributed by atoms with van der Waals surface area (Å²) < 4.78 is 5.51. The fourth-order valence-electron chi connectivity index (χ4n) is 3.25. The van der Waals surface area contributed by atoms with Gasteiger partial charge in [-0.1, -0.05) is 12.2 Å². The van der Waals surface area contributed by atoms with Crippen LogP contribution in [-0.4, -0.2) is 23.5 Å². The van der Waals surface area contributed by atoms with Gasteiger partial charge < -0.3 is 10.1 Å². The van der Waals surface area contributed by atoms with Crippen LogP contribution in [0, 0.1) is 23.7 Å². The topological polar surface area (TPSA) is 55.4 Å². The van der Waals surface area contributed by atoms with Gasteiger partial charge in [0.05, 0.1) is 11.8 Å². The maximum atomic E-state index is 12.4. The Morgan fingerprint density at radius 1 is 1.15 bits per heavy atom. The van der Waals surface area contributed by atoms with Crippen molar-refractivity contribution in [2.75, 3.05) is 0 Å². The summed E-state index contributed by atoms with van der Waals surface area (Å²) in [7, 11) is 0. The van der Waals surface area contributed by atoms with Crippen molar-refractivity contribution in [1.29, 1.82) is 0 Å². The first kappa shape index (κ1) is 15.1. The van der Waals surface area contributed by atoms with Crippen molar-refractivity contribution in [1.82, 2.24) is 5.32 Å². The van der Waals surface area contributed by atoms with E-state index in [1.807, 2.05) is 34.6 Å². The molecule has 4 atom stereocenters. The number of allylic oxidation sites excluding steroid dienone is 2. The van der Waals surface area contributed by atoms with Crippen molar-refractivity contribution >= 4 is 11.9 Å². The monoisotopic (exact) mass is 279 g/mol. The molecule has 4 unspecified atom stereocenters. The molecule has 2 rings (SSSR count). The average Bonchev–Trinajstić information content (AvgIpc) is 2.84. The van der Waals surface area contributed by atoms with Crippen LogP contribution in [0.3, 0.4) is 0 Å². The lowest BCUT2D eigenvalue weighted by Gasteiger charge is -2.29. The molecular formula is C16H25NO3. The molecule has 2 bridgehead atoms. The average molecular weight is 279 g/mol. The first-order valence-corrected chi connectivity index (χ1v) is 7.40. The molecule has 1 saturated carbocycles. The molecule has 2 aliphatic carbocycles. The number of ether oxygens (including phenoxy) is 1. The Hall–Kier alpha value is -1.32. The number of hydrogen-bond donors (Lipinski definition) is 1. The molecule has 1 N–H and O–H groups in total. The summed E-state index contributed by atoms with van der Waals surface area (Å²) in [5.74, 6) is -0.537. The van der Waals surface area contributed by atoms with E-state index in [-0.39, 0.29) is 41.6 Å². The Labute approximate surface area is 120 Å². The number of rotatable bonds is 3. The molecule has 4 heteroatoms. The first-order valence-electron chi connectivity index (χ1n) is 7.40. The molecule has 1 amide bonds. The van der Waals surface area contributed by atoms with E-state index in [0.29, 0.717) is 0 Å². The molecule has 4 nitrogen and oxygen atoms in total. The molecule has 0 aromatic heterocycles. The largest absolute Gasteiger partial charge is 0.460 e. The van der Waals surface area contributed by atoms with Gasteiger partial charge in [0.1, 0.15) is 5.60 Å². The van der Waals surface area contributed by atoms with E-state index >= 15 is 0 Å². The van der Waals surface area contributed by atoms with Gasteiger partial charge in [-0.3, -0.25) is 9.59 Å². The zero-order valence-electron chi connectivity index (χ0n) is 13.0. The van der Waals surface area contributed by atoms with Crippen molar-refractivity contribution in [2.45, 2.75) is 52.7 Å². The van der Waals surface area contributed by atoms with E-state index in [2.05, 4.69) is 17.5 Å². The number of carbonyl (C=O) groups excluding carboxylic acids is 2. The predicted molar refractivity (Wildman–Crippen MR) is 76.8 cm³/mol. The summed E-state index contributed by atoms with van der Waals surface area (Å²) in [6, 6.07) is 0.0879. The maximum Gasteiger partial charge on any atom is 0.310 e. The fourth-order valence-corrected chi connectivity index (χ4v) is 3.25. The molecule has 0 aromatic rings. The fraction of sp³-hybridized carbons (Fsp3) is 0.750. The van der Waals surface area contributed by atoms with Crippen LogP contribution in [0.25, 0.3) is 0 Å². The summed E-state index contributed by atoms with van der Waals surface area (Å²) in [5.41, 5.74) is -0.512. The van der Waals surface area contributed by atoms with Crippen LogP contribution < -0.4 is 5.32 Å². The van der Waals surface area contributed by atoms with Gasteiger partial charge >= 0.3 is 5.97 Å². The third-order valence-corrected chi connectivity index (χ3v) is 3.87. The van der Waals surface area contributed by atoms with E-state index in [1.165, 1.54) is 0 Å². The number of hydrogen-bond acceptors (Lipinski definition) is 3. The molecule has 0 saturated heterocycles. The van der Waals surface area contributed by atoms with E-state index in [9.17, 15) is 9.59 Å². The Bertz CT molecular complexity index is 433. The second-order valence-electron chi connectivity index (χ2n) is 7.20. The standard InChI is InChI=1S/C16H25NO3/c1-9(2)17-14(18)12-10-6-7-11(8-10)13(12)15(19)20-16(3,4)5/h6-7,9-13H,8H2,1-5H3,(H,17,18). The minimum atomic E-state index is -0.512. The highest BCUT2D eigenvalue weighted by Gasteiger charge is 2.52. The van der Waals surface area contributed by atoms with Crippen molar-refractivity contribution < 1.29 is 14.3 Å². The van der Waals surface area contributed by atoms with E-state index in [1.54, 1.807) is 0 Å². The smallest absolute Gasteiger partial charge is 0.310 e. The minimum absolute atomic E-state index is 0.0206. The molecule has 0 aliphatic heterocycles. The van der Waals surface area contributed by atoms with E-state index < -0.39 is 5.60 Å². The van der Waals surface area contributed by atoms with Crippen molar-refractivity contribution in [3.05, 3.63) is 12.2 Å². The van der Waals surface area contributed by atoms with Crippen molar-refractivity contribution in [3.63, 3.8) is 0 Å². The summed E-state index contributed by atoms with van der Waals surface area (Å²) in [5, 5.41) is 2.94. The van der Waals surface area contributed by atoms with Crippen LogP contribution in [0.5, 0.6) is 0 Å². The number of amides is 1. The highest BCUT2D eigenvalue weighted by atomic mass is 16.6. The van der Waals surface area contributed by atoms with Crippen LogP contribution >= 0.6 is 0 Å². The zero-order valence-corrected chi connectivity index (χ0v) is 13.0. The van der Waals surface area contributed by atoms with Gasteiger partial charge in [0, 0.05) is 6.04 Å². The summed E-state index contributed by atoms with van der Waals surface area (Å²) in [4.78, 5) is 24.8. The Balaban J connectivity index is 2.15. The summed E-state index contributed by atoms with van der Waals surface area (Å²) in [6.45, 7) is 9.44. The van der Waals surface area contributed by atoms with Gasteiger partial charge in [0.2, 0.25) is 5.91 Å². The number of fused-ring (bicyclic) bond motifs is 2.